The average molecular weight is 556 g/mol. The number of aryl methyl sites for hydroxylation is 1. The summed E-state index contributed by atoms with van der Waals surface area (Å²) in [7, 11) is 5.85. The Balaban J connectivity index is 1.20. The summed E-state index contributed by atoms with van der Waals surface area (Å²) in [6, 6.07) is 20.8. The van der Waals surface area contributed by atoms with Crippen LogP contribution in [0.2, 0.25) is 0 Å². The van der Waals surface area contributed by atoms with Crippen molar-refractivity contribution in [1.82, 2.24) is 19.9 Å². The molecule has 0 aliphatic heterocycles. The molecule has 0 saturated heterocycles. The van der Waals surface area contributed by atoms with Gasteiger partial charge in [-0.3, -0.25) is 0 Å². The summed E-state index contributed by atoms with van der Waals surface area (Å²) in [5.41, 5.74) is 11.3. The number of hydrogen-bond donors (Lipinski definition) is 3. The van der Waals surface area contributed by atoms with Gasteiger partial charge in [0, 0.05) is 68.2 Å². The number of pyridine rings is 1. The van der Waals surface area contributed by atoms with E-state index in [1.807, 2.05) is 18.2 Å². The van der Waals surface area contributed by atoms with Gasteiger partial charge in [0.05, 0.1) is 29.2 Å². The lowest BCUT2D eigenvalue weighted by Gasteiger charge is -2.18. The van der Waals surface area contributed by atoms with Crippen LogP contribution in [0.15, 0.2) is 60.7 Å². The van der Waals surface area contributed by atoms with Crippen LogP contribution in [0.1, 0.15) is 18.7 Å². The number of hydrogen-bond acceptors (Lipinski definition) is 7. The van der Waals surface area contributed by atoms with Gasteiger partial charge in [0.15, 0.2) is 5.82 Å². The summed E-state index contributed by atoms with van der Waals surface area (Å²) in [4.78, 5) is 12.4. The van der Waals surface area contributed by atoms with Crippen LogP contribution >= 0.6 is 12.2 Å². The number of fused-ring (bicyclic) bond motifs is 4. The van der Waals surface area contributed by atoms with Crippen LogP contribution in [-0.2, 0) is 17.7 Å². The highest BCUT2D eigenvalue weighted by atomic mass is 32.1. The summed E-state index contributed by atoms with van der Waals surface area (Å²) in [5, 5.41) is 10.4. The quantitative estimate of drug-likeness (QED) is 0.140. The van der Waals surface area contributed by atoms with E-state index < -0.39 is 0 Å². The fraction of sp³-hybridized carbons (Fsp3) is 0.323. The van der Waals surface area contributed by atoms with Gasteiger partial charge in [-0.2, -0.15) is 0 Å². The van der Waals surface area contributed by atoms with E-state index in [0.717, 1.165) is 70.8 Å². The van der Waals surface area contributed by atoms with Gasteiger partial charge in [-0.05, 0) is 31.0 Å². The second-order valence-electron chi connectivity index (χ2n) is 10.1. The lowest BCUT2D eigenvalue weighted by molar-refractivity contribution is 0.199. The molecule has 3 aromatic carbocycles. The number of imidazole rings is 1. The average Bonchev–Trinajstić information content (AvgIpc) is 3.33. The molecule has 40 heavy (non-hydrogen) atoms. The normalized spacial score (nSPS) is 11.4. The Morgan fingerprint density at radius 3 is 2.50 bits per heavy atom. The molecule has 0 fully saturated rings. The second kappa shape index (κ2) is 12.5. The van der Waals surface area contributed by atoms with E-state index in [1.54, 1.807) is 7.11 Å². The lowest BCUT2D eigenvalue weighted by Crippen LogP contribution is -2.29. The molecule has 0 aliphatic carbocycles. The number of nitrogen functional groups attached to an aromatic ring is 1. The van der Waals surface area contributed by atoms with E-state index in [1.165, 1.54) is 16.5 Å². The zero-order valence-corrected chi connectivity index (χ0v) is 24.2. The van der Waals surface area contributed by atoms with Crippen molar-refractivity contribution in [3.8, 4) is 0 Å². The van der Waals surface area contributed by atoms with Crippen molar-refractivity contribution in [3.63, 3.8) is 0 Å². The number of anilines is 3. The van der Waals surface area contributed by atoms with Crippen LogP contribution < -0.4 is 21.3 Å². The van der Waals surface area contributed by atoms with Gasteiger partial charge in [-0.1, -0.05) is 54.7 Å². The maximum atomic E-state index is 6.31. The molecule has 9 heteroatoms. The van der Waals surface area contributed by atoms with Crippen molar-refractivity contribution in [2.45, 2.75) is 25.8 Å². The number of nitrogens with zero attached hydrogens (tertiary/aromatic N) is 4. The molecule has 0 saturated carbocycles. The third kappa shape index (κ3) is 5.80. The Morgan fingerprint density at radius 1 is 0.975 bits per heavy atom. The number of para-hydroxylation sites is 1. The summed E-state index contributed by atoms with van der Waals surface area (Å²) < 4.78 is 7.63. The van der Waals surface area contributed by atoms with Gasteiger partial charge >= 0.3 is 0 Å². The number of thiocarbonyl (C=S) groups is 1. The highest BCUT2D eigenvalue weighted by molar-refractivity contribution is 7.80. The first-order valence-electron chi connectivity index (χ1n) is 13.7. The fourth-order valence-electron chi connectivity index (χ4n) is 5.22. The molecule has 0 amide bonds. The molecule has 0 bridgehead atoms. The number of nitrogens with one attached hydrogen (secondary N) is 2. The van der Waals surface area contributed by atoms with Crippen LogP contribution in [-0.4, -0.2) is 60.4 Å². The molecule has 5 rings (SSSR count). The number of unbranched alkanes of at least 4 members (excludes halogenated alkanes) is 1. The number of methoxy groups -OCH3 is 1. The van der Waals surface area contributed by atoms with Crippen molar-refractivity contribution in [1.29, 1.82) is 0 Å². The van der Waals surface area contributed by atoms with Gasteiger partial charge in [0.25, 0.3) is 0 Å². The lowest BCUT2D eigenvalue weighted by atomic mass is 10.1. The molecule has 2 heterocycles. The number of nitrogens with two attached hydrogens (primary N) is 1. The number of rotatable bonds is 12. The highest BCUT2D eigenvalue weighted by Crippen LogP contribution is 2.31. The van der Waals surface area contributed by atoms with E-state index in [0.29, 0.717) is 19.0 Å². The molecule has 208 valence electrons. The molecule has 5 aromatic rings. The standard InChI is InChI=1S/C31H37N7OS/c1-37(2)26-15-14-24(21-10-4-5-11-22(21)26)34-20-28(40)33-17-8-9-18-38-27(16-19-39-3)36-29-30(38)23-12-6-7-13-25(23)35-31(29)32/h4-7,10-15,34H,8-9,16-20H2,1-3H3,(H2,32,35)(H,33,40). The molecule has 4 N–H and O–H groups in total. The first kappa shape index (κ1) is 27.6. The van der Waals surface area contributed by atoms with Crippen molar-refractivity contribution < 1.29 is 4.74 Å². The minimum absolute atomic E-state index is 0.467. The minimum Gasteiger partial charge on any atom is -0.384 e. The van der Waals surface area contributed by atoms with Gasteiger partial charge in [0.2, 0.25) is 0 Å². The van der Waals surface area contributed by atoms with E-state index in [2.05, 4.69) is 81.6 Å². The number of ether oxygens (including phenoxy) is 1. The summed E-state index contributed by atoms with van der Waals surface area (Å²) in [5.74, 6) is 1.44. The largest absolute Gasteiger partial charge is 0.384 e. The molecule has 8 nitrogen and oxygen atoms in total. The number of benzene rings is 3. The van der Waals surface area contributed by atoms with E-state index in [-0.39, 0.29) is 0 Å². The topological polar surface area (TPSA) is 93.3 Å². The second-order valence-corrected chi connectivity index (χ2v) is 10.6. The predicted molar refractivity (Wildman–Crippen MR) is 172 cm³/mol. The third-order valence-electron chi connectivity index (χ3n) is 7.17. The highest BCUT2D eigenvalue weighted by Gasteiger charge is 2.17. The smallest absolute Gasteiger partial charge is 0.152 e. The summed E-state index contributed by atoms with van der Waals surface area (Å²) in [6.07, 6.45) is 2.67. The van der Waals surface area contributed by atoms with Crippen LogP contribution in [0.25, 0.3) is 32.7 Å². The predicted octanol–water partition coefficient (Wildman–Crippen LogP) is 5.38. The van der Waals surface area contributed by atoms with Crippen molar-refractivity contribution in [3.05, 3.63) is 66.5 Å². The van der Waals surface area contributed by atoms with Gasteiger partial charge in [-0.25, -0.2) is 9.97 Å². The Morgan fingerprint density at radius 2 is 1.73 bits per heavy atom. The Hall–Kier alpha value is -3.95. The third-order valence-corrected chi connectivity index (χ3v) is 7.46. The summed E-state index contributed by atoms with van der Waals surface area (Å²) >= 11 is 5.64. The van der Waals surface area contributed by atoms with E-state index in [9.17, 15) is 0 Å². The van der Waals surface area contributed by atoms with Crippen molar-refractivity contribution in [2.75, 3.05) is 56.9 Å². The van der Waals surface area contributed by atoms with Crippen LogP contribution in [0.5, 0.6) is 0 Å². The molecule has 0 atom stereocenters. The monoisotopic (exact) mass is 555 g/mol. The van der Waals surface area contributed by atoms with E-state index in [4.69, 9.17) is 27.7 Å². The molecule has 0 aliphatic rings. The molecule has 0 spiro atoms. The molecular weight excluding hydrogens is 518 g/mol. The first-order valence-corrected chi connectivity index (χ1v) is 14.1. The number of aromatic nitrogens is 3. The van der Waals surface area contributed by atoms with Crippen LogP contribution in [0.4, 0.5) is 17.2 Å². The molecular formula is C31H37N7OS. The fourth-order valence-corrected chi connectivity index (χ4v) is 5.39. The minimum atomic E-state index is 0.467. The zero-order valence-electron chi connectivity index (χ0n) is 23.4. The zero-order chi connectivity index (χ0) is 28.1. The van der Waals surface area contributed by atoms with E-state index >= 15 is 0 Å². The summed E-state index contributed by atoms with van der Waals surface area (Å²) in [6.45, 7) is 2.84. The maximum absolute atomic E-state index is 6.31. The van der Waals surface area contributed by atoms with Crippen molar-refractivity contribution in [2.24, 2.45) is 0 Å². The van der Waals surface area contributed by atoms with Crippen molar-refractivity contribution >= 4 is 67.1 Å². The van der Waals surface area contributed by atoms with Gasteiger partial charge < -0.3 is 30.6 Å². The molecule has 0 radical (unpaired) electrons. The Kier molecular flexibility index (Phi) is 8.62. The first-order chi connectivity index (χ1) is 19.5. The van der Waals surface area contributed by atoms with Crippen LogP contribution in [0.3, 0.4) is 0 Å². The Bertz CT molecular complexity index is 1650. The Labute approximate surface area is 240 Å². The van der Waals surface area contributed by atoms with Gasteiger partial charge in [0.1, 0.15) is 11.3 Å². The SMILES string of the molecule is COCCc1nc2c(N)nc3ccccc3c2n1CCCCNC(=S)CNc1ccc(N(C)C)c2ccccc12. The molecule has 0 unspecified atom stereocenters. The molecule has 2 aromatic heterocycles. The maximum Gasteiger partial charge on any atom is 0.152 e. The van der Waals surface area contributed by atoms with Crippen LogP contribution in [0, 0.1) is 0 Å². The van der Waals surface area contributed by atoms with Gasteiger partial charge in [-0.15, -0.1) is 0 Å².